The first kappa shape index (κ1) is 28.5. The molecule has 0 N–H and O–H groups in total. The third-order valence-corrected chi connectivity index (χ3v) is 7.07. The van der Waals surface area contributed by atoms with Crippen LogP contribution in [0.15, 0.2) is 36.7 Å². The van der Waals surface area contributed by atoms with Gasteiger partial charge in [0.2, 0.25) is 0 Å². The summed E-state index contributed by atoms with van der Waals surface area (Å²) in [5, 5.41) is 0. The average Bonchev–Trinajstić information content (AvgIpc) is 2.80. The lowest BCUT2D eigenvalue weighted by Gasteiger charge is -2.23. The summed E-state index contributed by atoms with van der Waals surface area (Å²) in [5.74, 6) is 1.70. The van der Waals surface area contributed by atoms with Gasteiger partial charge in [-0.3, -0.25) is 0 Å². The zero-order chi connectivity index (χ0) is 24.7. The minimum absolute atomic E-state index is 0.359. The third kappa shape index (κ3) is 12.7. The van der Waals surface area contributed by atoms with Crippen molar-refractivity contribution in [3.8, 4) is 17.1 Å². The molecule has 0 bridgehead atoms. The zero-order valence-corrected chi connectivity index (χ0v) is 23.4. The normalized spacial score (nSPS) is 12.6. The molecular formula is C29H48N2O2Si. The number of rotatable bonds is 18. The van der Waals surface area contributed by atoms with Gasteiger partial charge in [0.05, 0.1) is 6.61 Å². The van der Waals surface area contributed by atoms with E-state index in [1.165, 1.54) is 56.9 Å². The molecule has 0 saturated heterocycles. The molecule has 190 valence electrons. The Bertz CT molecular complexity index is 772. The summed E-state index contributed by atoms with van der Waals surface area (Å²) in [7, 11) is -1.43. The lowest BCUT2D eigenvalue weighted by atomic mass is 10.1. The summed E-state index contributed by atoms with van der Waals surface area (Å²) in [6.45, 7) is 12.0. The van der Waals surface area contributed by atoms with Crippen LogP contribution in [0, 0.1) is 0 Å². The maximum atomic E-state index is 6.12. The first-order chi connectivity index (χ1) is 16.4. The Hall–Kier alpha value is -1.72. The Kier molecular flexibility index (Phi) is 13.5. The van der Waals surface area contributed by atoms with Gasteiger partial charge in [0.25, 0.3) is 0 Å². The van der Waals surface area contributed by atoms with Crippen molar-refractivity contribution in [3.63, 3.8) is 0 Å². The van der Waals surface area contributed by atoms with E-state index in [1.54, 1.807) is 0 Å². The Labute approximate surface area is 210 Å². The van der Waals surface area contributed by atoms with Crippen LogP contribution >= 0.6 is 0 Å². The molecule has 0 aliphatic carbocycles. The minimum atomic E-state index is -1.43. The monoisotopic (exact) mass is 484 g/mol. The van der Waals surface area contributed by atoms with Gasteiger partial charge in [-0.15, -0.1) is 0 Å². The maximum absolute atomic E-state index is 6.12. The van der Waals surface area contributed by atoms with Gasteiger partial charge >= 0.3 is 0 Å². The van der Waals surface area contributed by atoms with Gasteiger partial charge in [0.1, 0.15) is 5.75 Å². The van der Waals surface area contributed by atoms with Gasteiger partial charge in [-0.05, 0) is 82.1 Å². The van der Waals surface area contributed by atoms with Crippen molar-refractivity contribution in [1.82, 2.24) is 9.97 Å². The van der Waals surface area contributed by atoms with Crippen molar-refractivity contribution in [3.05, 3.63) is 42.2 Å². The molecule has 0 aliphatic rings. The van der Waals surface area contributed by atoms with Crippen molar-refractivity contribution < 1.29 is 9.16 Å². The molecule has 0 aliphatic heterocycles. The molecule has 5 heteroatoms. The first-order valence-electron chi connectivity index (χ1n) is 13.6. The molecule has 1 unspecified atom stereocenters. The van der Waals surface area contributed by atoms with Crippen molar-refractivity contribution in [2.75, 3.05) is 6.61 Å². The van der Waals surface area contributed by atoms with Crippen LogP contribution in [0.4, 0.5) is 0 Å². The molecule has 0 saturated carbocycles. The quantitative estimate of drug-likeness (QED) is 0.157. The van der Waals surface area contributed by atoms with Crippen molar-refractivity contribution in [1.29, 1.82) is 0 Å². The second-order valence-electron chi connectivity index (χ2n) is 10.5. The molecular weight excluding hydrogens is 436 g/mol. The van der Waals surface area contributed by atoms with Gasteiger partial charge in [-0.1, -0.05) is 58.3 Å². The fraction of sp³-hybridized carbons (Fsp3) is 0.655. The molecule has 34 heavy (non-hydrogen) atoms. The molecule has 1 heterocycles. The number of hydrogen-bond donors (Lipinski definition) is 0. The Morgan fingerprint density at radius 3 is 2.03 bits per heavy atom. The van der Waals surface area contributed by atoms with Gasteiger partial charge in [-0.2, -0.15) is 0 Å². The van der Waals surface area contributed by atoms with E-state index in [-0.39, 0.29) is 0 Å². The van der Waals surface area contributed by atoms with Crippen LogP contribution in [0.3, 0.4) is 0 Å². The Balaban J connectivity index is 1.64. The van der Waals surface area contributed by atoms with Crippen LogP contribution in [0.5, 0.6) is 5.75 Å². The molecule has 2 rings (SSSR count). The van der Waals surface area contributed by atoms with E-state index in [0.29, 0.717) is 6.10 Å². The Morgan fingerprint density at radius 2 is 1.41 bits per heavy atom. The summed E-state index contributed by atoms with van der Waals surface area (Å²) in [5.41, 5.74) is 2.23. The summed E-state index contributed by atoms with van der Waals surface area (Å²) < 4.78 is 12.0. The molecule has 0 radical (unpaired) electrons. The maximum Gasteiger partial charge on any atom is 0.184 e. The number of hydrogen-bond acceptors (Lipinski definition) is 4. The van der Waals surface area contributed by atoms with E-state index in [0.717, 1.165) is 49.4 Å². The second-order valence-corrected chi connectivity index (χ2v) is 15.0. The summed E-state index contributed by atoms with van der Waals surface area (Å²) in [6, 6.07) is 8.16. The molecule has 0 amide bonds. The fourth-order valence-corrected chi connectivity index (χ4v) is 5.51. The fourth-order valence-electron chi connectivity index (χ4n) is 4.18. The lowest BCUT2D eigenvalue weighted by molar-refractivity contribution is 0.199. The predicted molar refractivity (Wildman–Crippen MR) is 147 cm³/mol. The van der Waals surface area contributed by atoms with Crippen LogP contribution in [0.25, 0.3) is 11.4 Å². The molecule has 1 atom stereocenters. The first-order valence-corrected chi connectivity index (χ1v) is 17.0. The minimum Gasteiger partial charge on any atom is -0.494 e. The molecule has 4 nitrogen and oxygen atoms in total. The standard InChI is InChI=1S/C29H48N2O2Si/c1-6-7-8-9-10-11-12-15-22-32-28-20-18-27(19-21-28)29-30-23-26(24-31-29)17-14-13-16-25(2)33-34(3,4)5/h18-21,23-25H,6-17,22H2,1-5H3. The van der Waals surface area contributed by atoms with Gasteiger partial charge < -0.3 is 9.16 Å². The number of ether oxygens (including phenoxy) is 1. The predicted octanol–water partition coefficient (Wildman–Crippen LogP) is 8.62. The van der Waals surface area contributed by atoms with Crippen LogP contribution in [0.1, 0.15) is 90.0 Å². The Morgan fingerprint density at radius 1 is 0.794 bits per heavy atom. The molecule has 1 aromatic carbocycles. The largest absolute Gasteiger partial charge is 0.494 e. The molecule has 1 aromatic heterocycles. The number of aryl methyl sites for hydroxylation is 1. The molecule has 0 spiro atoms. The number of nitrogens with zero attached hydrogens (tertiary/aromatic N) is 2. The van der Waals surface area contributed by atoms with Crippen molar-refractivity contribution >= 4 is 8.32 Å². The van der Waals surface area contributed by atoms with Crippen LogP contribution < -0.4 is 4.74 Å². The van der Waals surface area contributed by atoms with Crippen molar-refractivity contribution in [2.45, 2.75) is 117 Å². The summed E-state index contributed by atoms with van der Waals surface area (Å²) in [6.07, 6.45) is 19.3. The van der Waals surface area contributed by atoms with Crippen LogP contribution in [0.2, 0.25) is 19.6 Å². The summed E-state index contributed by atoms with van der Waals surface area (Å²) in [4.78, 5) is 9.18. The average molecular weight is 485 g/mol. The molecule has 0 fully saturated rings. The zero-order valence-electron chi connectivity index (χ0n) is 22.4. The van der Waals surface area contributed by atoms with Crippen LogP contribution in [-0.4, -0.2) is 31.0 Å². The number of benzene rings is 1. The number of aromatic nitrogens is 2. The third-order valence-electron chi connectivity index (χ3n) is 5.97. The highest BCUT2D eigenvalue weighted by Gasteiger charge is 2.17. The van der Waals surface area contributed by atoms with E-state index >= 15 is 0 Å². The van der Waals surface area contributed by atoms with Crippen molar-refractivity contribution in [2.24, 2.45) is 0 Å². The van der Waals surface area contributed by atoms with Crippen LogP contribution in [-0.2, 0) is 10.8 Å². The highest BCUT2D eigenvalue weighted by atomic mass is 28.4. The summed E-state index contributed by atoms with van der Waals surface area (Å²) >= 11 is 0. The van der Waals surface area contributed by atoms with Gasteiger partial charge in [0, 0.05) is 24.1 Å². The number of unbranched alkanes of at least 4 members (excludes halogenated alkanes) is 8. The lowest BCUT2D eigenvalue weighted by Crippen LogP contribution is -2.30. The van der Waals surface area contributed by atoms with E-state index in [2.05, 4.69) is 55.6 Å². The van der Waals surface area contributed by atoms with E-state index < -0.39 is 8.32 Å². The topological polar surface area (TPSA) is 44.2 Å². The van der Waals surface area contributed by atoms with Gasteiger partial charge in [-0.25, -0.2) is 9.97 Å². The second kappa shape index (κ2) is 16.0. The SMILES string of the molecule is CCCCCCCCCCOc1ccc(-c2ncc(CCCCC(C)O[Si](C)(C)C)cn2)cc1. The van der Waals surface area contributed by atoms with Gasteiger partial charge in [0.15, 0.2) is 14.1 Å². The smallest absolute Gasteiger partial charge is 0.184 e. The van der Waals surface area contributed by atoms with E-state index in [9.17, 15) is 0 Å². The van der Waals surface area contributed by atoms with E-state index in [4.69, 9.17) is 9.16 Å². The highest BCUT2D eigenvalue weighted by molar-refractivity contribution is 6.69. The highest BCUT2D eigenvalue weighted by Crippen LogP contribution is 2.20. The van der Waals surface area contributed by atoms with E-state index in [1.807, 2.05) is 24.5 Å². The molecule has 2 aromatic rings.